The summed E-state index contributed by atoms with van der Waals surface area (Å²) in [5.74, 6) is -0.889. The summed E-state index contributed by atoms with van der Waals surface area (Å²) in [5, 5.41) is 1.02. The predicted molar refractivity (Wildman–Crippen MR) is 96.9 cm³/mol. The van der Waals surface area contributed by atoms with Crippen molar-refractivity contribution in [2.75, 3.05) is 20.3 Å². The highest BCUT2D eigenvalue weighted by atomic mass is 19.1. The molecule has 144 valence electrons. The highest BCUT2D eigenvalue weighted by molar-refractivity contribution is 5.98. The molecule has 6 nitrogen and oxygen atoms in total. The largest absolute Gasteiger partial charge is 0.491 e. The van der Waals surface area contributed by atoms with E-state index in [0.29, 0.717) is 13.2 Å². The number of aldehydes is 1. The number of ether oxygens (including phenoxy) is 2. The molecule has 3 rings (SSSR count). The Morgan fingerprint density at radius 3 is 2.33 bits per heavy atom. The third-order valence-corrected chi connectivity index (χ3v) is 3.79. The van der Waals surface area contributed by atoms with Gasteiger partial charge in [0.05, 0.1) is 24.8 Å². The first-order valence-corrected chi connectivity index (χ1v) is 8.53. The first-order chi connectivity index (χ1) is 13.1. The minimum absolute atomic E-state index is 0.108. The molecule has 1 unspecified atom stereocenters. The molecule has 0 N–H and O–H groups in total. The van der Waals surface area contributed by atoms with E-state index >= 15 is 0 Å². The summed E-state index contributed by atoms with van der Waals surface area (Å²) < 4.78 is 25.0. The zero-order chi connectivity index (χ0) is 19.8. The Labute approximate surface area is 157 Å². The van der Waals surface area contributed by atoms with Crippen LogP contribution in [0.4, 0.5) is 4.39 Å². The summed E-state index contributed by atoms with van der Waals surface area (Å²) in [6.45, 7) is 4.20. The van der Waals surface area contributed by atoms with E-state index in [-0.39, 0.29) is 16.9 Å². The van der Waals surface area contributed by atoms with Crippen molar-refractivity contribution in [2.45, 2.75) is 20.1 Å². The maximum absolute atomic E-state index is 14.4. The van der Waals surface area contributed by atoms with Crippen molar-refractivity contribution >= 4 is 12.2 Å². The molecule has 1 heterocycles. The van der Waals surface area contributed by atoms with Crippen molar-refractivity contribution in [3.8, 4) is 5.75 Å². The van der Waals surface area contributed by atoms with Gasteiger partial charge in [0.15, 0.2) is 17.8 Å². The molecule has 1 aliphatic rings. The number of carbonyl (C=O) groups is 2. The first-order valence-electron chi connectivity index (χ1n) is 8.53. The normalized spacial score (nSPS) is 15.0. The van der Waals surface area contributed by atoms with Gasteiger partial charge in [-0.1, -0.05) is 30.3 Å². The monoisotopic (exact) mass is 375 g/mol. The number of nitrogens with zero attached hydrogens (tertiary/aromatic N) is 1. The number of fused-ring (bicyclic) bond motifs is 1. The van der Waals surface area contributed by atoms with Crippen molar-refractivity contribution in [2.24, 2.45) is 0 Å². The van der Waals surface area contributed by atoms with E-state index in [1.165, 1.54) is 19.2 Å². The summed E-state index contributed by atoms with van der Waals surface area (Å²) in [6, 6.07) is 12.1. The standard InChI is InChI=1S/C13H16FNO4.C7H6O/c1-4-18-9-7-6-8-10(11(9)14)13(19-5-2)15(17-3)12(8)16;8-6-7-4-2-1-3-5-7/h6-7,13H,4-5H2,1-3H3;1-6H. The number of hydrogen-bond donors (Lipinski definition) is 0. The van der Waals surface area contributed by atoms with Crippen LogP contribution in [-0.4, -0.2) is 37.6 Å². The summed E-state index contributed by atoms with van der Waals surface area (Å²) in [5.41, 5.74) is 1.13. The lowest BCUT2D eigenvalue weighted by Crippen LogP contribution is -2.28. The lowest BCUT2D eigenvalue weighted by Gasteiger charge is -2.22. The molecule has 2 aromatic rings. The third-order valence-electron chi connectivity index (χ3n) is 3.79. The van der Waals surface area contributed by atoms with E-state index in [1.54, 1.807) is 26.0 Å². The Balaban J connectivity index is 0.000000273. The molecule has 7 heteroatoms. The van der Waals surface area contributed by atoms with Crippen molar-refractivity contribution < 1.29 is 28.3 Å². The van der Waals surface area contributed by atoms with E-state index in [9.17, 15) is 14.0 Å². The molecule has 1 aliphatic heterocycles. The Hall–Kier alpha value is -2.77. The lowest BCUT2D eigenvalue weighted by atomic mass is 10.1. The van der Waals surface area contributed by atoms with E-state index < -0.39 is 18.0 Å². The number of amides is 1. The fourth-order valence-electron chi connectivity index (χ4n) is 2.63. The number of hydroxylamine groups is 2. The molecular formula is C20H22FNO5. The summed E-state index contributed by atoms with van der Waals surface area (Å²) in [4.78, 5) is 27.0. The highest BCUT2D eigenvalue weighted by Crippen LogP contribution is 2.39. The van der Waals surface area contributed by atoms with Gasteiger partial charge in [0.1, 0.15) is 6.29 Å². The number of rotatable bonds is 6. The minimum Gasteiger partial charge on any atom is -0.491 e. The number of carbonyl (C=O) groups excluding carboxylic acids is 2. The van der Waals surface area contributed by atoms with Crippen LogP contribution >= 0.6 is 0 Å². The van der Waals surface area contributed by atoms with Gasteiger partial charge >= 0.3 is 0 Å². The van der Waals surface area contributed by atoms with Crippen molar-refractivity contribution in [1.82, 2.24) is 5.06 Å². The van der Waals surface area contributed by atoms with E-state index in [4.69, 9.17) is 14.3 Å². The summed E-state index contributed by atoms with van der Waals surface area (Å²) >= 11 is 0. The van der Waals surface area contributed by atoms with Gasteiger partial charge in [0.25, 0.3) is 5.91 Å². The minimum atomic E-state index is -0.877. The summed E-state index contributed by atoms with van der Waals surface area (Å²) in [6.07, 6.45) is -0.0436. The van der Waals surface area contributed by atoms with Crippen LogP contribution in [0.2, 0.25) is 0 Å². The van der Waals surface area contributed by atoms with Crippen molar-refractivity contribution in [1.29, 1.82) is 0 Å². The van der Waals surface area contributed by atoms with Crippen LogP contribution in [0.3, 0.4) is 0 Å². The van der Waals surface area contributed by atoms with Crippen LogP contribution in [-0.2, 0) is 9.57 Å². The number of halogens is 1. The average Bonchev–Trinajstić information content (AvgIpc) is 2.97. The maximum atomic E-state index is 14.4. The van der Waals surface area contributed by atoms with E-state index in [0.717, 1.165) is 16.9 Å². The van der Waals surface area contributed by atoms with Crippen molar-refractivity contribution in [3.05, 3.63) is 65.0 Å². The molecule has 0 saturated heterocycles. The lowest BCUT2D eigenvalue weighted by molar-refractivity contribution is -0.198. The van der Waals surface area contributed by atoms with E-state index in [1.807, 2.05) is 18.2 Å². The van der Waals surface area contributed by atoms with E-state index in [2.05, 4.69) is 0 Å². The van der Waals surface area contributed by atoms with Gasteiger partial charge in [0, 0.05) is 12.2 Å². The molecule has 0 radical (unpaired) electrons. The molecule has 0 saturated carbocycles. The number of hydrogen-bond acceptors (Lipinski definition) is 5. The van der Waals surface area contributed by atoms with Crippen molar-refractivity contribution in [3.63, 3.8) is 0 Å². The summed E-state index contributed by atoms with van der Waals surface area (Å²) in [7, 11) is 1.34. The smallest absolute Gasteiger partial charge is 0.280 e. The Morgan fingerprint density at radius 2 is 1.81 bits per heavy atom. The molecule has 0 aromatic heterocycles. The van der Waals surface area contributed by atoms with Gasteiger partial charge in [-0.05, 0) is 26.0 Å². The zero-order valence-corrected chi connectivity index (χ0v) is 15.5. The second-order valence-corrected chi connectivity index (χ2v) is 5.42. The van der Waals surface area contributed by atoms with Crippen LogP contribution in [0.5, 0.6) is 5.75 Å². The predicted octanol–water partition coefficient (Wildman–Crippen LogP) is 3.78. The Morgan fingerprint density at radius 1 is 1.11 bits per heavy atom. The van der Waals surface area contributed by atoms with Gasteiger partial charge in [-0.15, -0.1) is 0 Å². The SMILES string of the molecule is CCOc1ccc2c(c1F)C(OCC)N(OC)C2=O.O=Cc1ccccc1. The Kier molecular flexibility index (Phi) is 7.45. The first kappa shape index (κ1) is 20.5. The molecule has 1 amide bonds. The molecule has 0 bridgehead atoms. The fraction of sp³-hybridized carbons (Fsp3) is 0.300. The Bertz CT molecular complexity index is 781. The third kappa shape index (κ3) is 4.50. The molecular weight excluding hydrogens is 353 g/mol. The average molecular weight is 375 g/mol. The number of benzene rings is 2. The van der Waals surface area contributed by atoms with Gasteiger partial charge in [0.2, 0.25) is 0 Å². The van der Waals surface area contributed by atoms with Crippen LogP contribution < -0.4 is 4.74 Å². The molecule has 0 fully saturated rings. The highest BCUT2D eigenvalue weighted by Gasteiger charge is 2.41. The quantitative estimate of drug-likeness (QED) is 0.719. The maximum Gasteiger partial charge on any atom is 0.280 e. The van der Waals surface area contributed by atoms with Crippen LogP contribution in [0.1, 0.15) is 46.4 Å². The molecule has 1 atom stereocenters. The fourth-order valence-corrected chi connectivity index (χ4v) is 2.63. The molecule has 27 heavy (non-hydrogen) atoms. The second-order valence-electron chi connectivity index (χ2n) is 5.42. The molecule has 2 aromatic carbocycles. The van der Waals surface area contributed by atoms with Gasteiger partial charge < -0.3 is 9.47 Å². The van der Waals surface area contributed by atoms with Gasteiger partial charge in [-0.2, -0.15) is 5.06 Å². The topological polar surface area (TPSA) is 65.1 Å². The molecule has 0 aliphatic carbocycles. The second kappa shape index (κ2) is 9.80. The van der Waals surface area contributed by atoms with Crippen LogP contribution in [0.15, 0.2) is 42.5 Å². The van der Waals surface area contributed by atoms with Gasteiger partial charge in [-0.25, -0.2) is 4.39 Å². The molecule has 0 spiro atoms. The van der Waals surface area contributed by atoms with Crippen LogP contribution in [0, 0.1) is 5.82 Å². The van der Waals surface area contributed by atoms with Crippen LogP contribution in [0.25, 0.3) is 0 Å². The van der Waals surface area contributed by atoms with Gasteiger partial charge in [-0.3, -0.25) is 14.4 Å². The zero-order valence-electron chi connectivity index (χ0n) is 15.5.